The maximum Gasteiger partial charge on any atom is 0.224 e. The lowest BCUT2D eigenvalue weighted by Gasteiger charge is -2.24. The highest BCUT2D eigenvalue weighted by Crippen LogP contribution is 2.24. The monoisotopic (exact) mass is 346 g/mol. The average molecular weight is 347 g/mol. The normalized spacial score (nSPS) is 21.0. The summed E-state index contributed by atoms with van der Waals surface area (Å²) < 4.78 is 0. The van der Waals surface area contributed by atoms with Gasteiger partial charge in [-0.05, 0) is 5.56 Å². The van der Waals surface area contributed by atoms with Gasteiger partial charge in [-0.1, -0.05) is 37.3 Å². The minimum Gasteiger partial charge on any atom is -0.355 e. The number of amides is 1. The topological polar surface area (TPSA) is 55.1 Å². The zero-order valence-corrected chi connectivity index (χ0v) is 14.6. The number of carbonyl (C=O) groups excluding carboxylic acids is 1. The van der Waals surface area contributed by atoms with E-state index in [2.05, 4.69) is 5.32 Å². The van der Waals surface area contributed by atoms with Gasteiger partial charge in [0.2, 0.25) is 5.91 Å². The largest absolute Gasteiger partial charge is 0.355 e. The van der Waals surface area contributed by atoms with E-state index >= 15 is 0 Å². The lowest BCUT2D eigenvalue weighted by molar-refractivity contribution is -0.125. The van der Waals surface area contributed by atoms with Crippen LogP contribution < -0.4 is 11.1 Å². The maximum atomic E-state index is 12.2. The number of rotatable bonds is 5. The van der Waals surface area contributed by atoms with Gasteiger partial charge in [0, 0.05) is 35.1 Å². The number of hydrogen-bond donors (Lipinski definition) is 2. The predicted octanol–water partition coefficient (Wildman–Crippen LogP) is 2.71. The fourth-order valence-electron chi connectivity index (χ4n) is 2.16. The molecule has 118 valence electrons. The first-order valence-electron chi connectivity index (χ1n) is 6.96. The summed E-state index contributed by atoms with van der Waals surface area (Å²) in [4.78, 5) is 12.2. The maximum absolute atomic E-state index is 12.2. The Kier molecular flexibility index (Phi) is 8.56. The molecule has 0 aromatic heterocycles. The van der Waals surface area contributed by atoms with Crippen molar-refractivity contribution in [3.05, 3.63) is 35.9 Å². The van der Waals surface area contributed by atoms with E-state index in [0.29, 0.717) is 5.25 Å². The molecule has 6 heteroatoms. The first-order valence-corrected chi connectivity index (χ1v) is 9.16. The van der Waals surface area contributed by atoms with E-state index in [1.54, 1.807) is 0 Å². The Morgan fingerprint density at radius 1 is 1.38 bits per heavy atom. The number of nitrogens with one attached hydrogen (secondary N) is 1. The first-order chi connectivity index (χ1) is 9.68. The van der Waals surface area contributed by atoms with Crippen LogP contribution in [0, 0.1) is 5.92 Å². The van der Waals surface area contributed by atoms with Crippen molar-refractivity contribution in [2.45, 2.75) is 18.2 Å². The number of nitrogens with two attached hydrogens (primary N) is 1. The Morgan fingerprint density at radius 3 is 2.71 bits per heavy atom. The van der Waals surface area contributed by atoms with E-state index in [0.717, 1.165) is 17.9 Å². The van der Waals surface area contributed by atoms with E-state index in [1.807, 2.05) is 60.8 Å². The number of thioether (sulfide) groups is 2. The second-order valence-electron chi connectivity index (χ2n) is 5.04. The van der Waals surface area contributed by atoms with Gasteiger partial charge in [-0.15, -0.1) is 12.4 Å². The third-order valence-electron chi connectivity index (χ3n) is 3.53. The molecule has 3 N–H and O–H groups in total. The minimum atomic E-state index is -0.246. The summed E-state index contributed by atoms with van der Waals surface area (Å²) in [6.07, 6.45) is 0. The molecule has 1 heterocycles. The summed E-state index contributed by atoms with van der Waals surface area (Å²) >= 11 is 3.92. The summed E-state index contributed by atoms with van der Waals surface area (Å²) in [5.41, 5.74) is 7.19. The zero-order chi connectivity index (χ0) is 14.4. The molecular weight excluding hydrogens is 324 g/mol. The van der Waals surface area contributed by atoms with Crippen molar-refractivity contribution >= 4 is 41.8 Å². The molecule has 1 fully saturated rings. The highest BCUT2D eigenvalue weighted by Gasteiger charge is 2.23. The van der Waals surface area contributed by atoms with Crippen LogP contribution in [0.3, 0.4) is 0 Å². The highest BCUT2D eigenvalue weighted by molar-refractivity contribution is 8.06. The standard InChI is InChI=1S/C15H22N2OS2.ClH/c1-11(14(16)12-5-3-2-4-6-12)15(18)17-9-13-10-19-7-8-20-13;/h2-6,11,13-14H,7-10,16H2,1H3,(H,17,18);1H. The number of carbonyl (C=O) groups is 1. The van der Waals surface area contributed by atoms with Crippen molar-refractivity contribution in [2.75, 3.05) is 23.8 Å². The van der Waals surface area contributed by atoms with Crippen molar-refractivity contribution in [3.8, 4) is 0 Å². The molecule has 1 aromatic rings. The molecular formula is C15H23ClN2OS2. The molecule has 2 rings (SSSR count). The van der Waals surface area contributed by atoms with Crippen molar-refractivity contribution in [3.63, 3.8) is 0 Å². The summed E-state index contributed by atoms with van der Waals surface area (Å²) in [6.45, 7) is 2.65. The smallest absolute Gasteiger partial charge is 0.224 e. The Morgan fingerprint density at radius 2 is 2.10 bits per heavy atom. The van der Waals surface area contributed by atoms with Gasteiger partial charge in [0.05, 0.1) is 5.92 Å². The van der Waals surface area contributed by atoms with E-state index < -0.39 is 0 Å². The number of hydrogen-bond acceptors (Lipinski definition) is 4. The van der Waals surface area contributed by atoms with Gasteiger partial charge in [0.15, 0.2) is 0 Å². The van der Waals surface area contributed by atoms with E-state index in [1.165, 1.54) is 11.5 Å². The second-order valence-corrected chi connectivity index (χ2v) is 7.60. The van der Waals surface area contributed by atoms with Crippen LogP contribution in [-0.4, -0.2) is 35.0 Å². The molecule has 3 unspecified atom stereocenters. The van der Waals surface area contributed by atoms with Crippen LogP contribution in [0.2, 0.25) is 0 Å². The molecule has 1 saturated heterocycles. The molecule has 0 saturated carbocycles. The van der Waals surface area contributed by atoms with Crippen molar-refractivity contribution < 1.29 is 4.79 Å². The number of halogens is 1. The van der Waals surface area contributed by atoms with Crippen LogP contribution in [0.15, 0.2) is 30.3 Å². The van der Waals surface area contributed by atoms with Crippen LogP contribution in [-0.2, 0) is 4.79 Å². The quantitative estimate of drug-likeness (QED) is 0.860. The molecule has 0 bridgehead atoms. The van der Waals surface area contributed by atoms with Crippen LogP contribution in [0.5, 0.6) is 0 Å². The Hall–Kier alpha value is -0.360. The summed E-state index contributed by atoms with van der Waals surface area (Å²) in [5.74, 6) is 3.38. The molecule has 1 amide bonds. The fraction of sp³-hybridized carbons (Fsp3) is 0.533. The predicted molar refractivity (Wildman–Crippen MR) is 96.4 cm³/mol. The molecule has 1 aliphatic heterocycles. The van der Waals surface area contributed by atoms with Gasteiger partial charge in [-0.3, -0.25) is 4.79 Å². The van der Waals surface area contributed by atoms with Crippen LogP contribution >= 0.6 is 35.9 Å². The summed E-state index contributed by atoms with van der Waals surface area (Å²) in [7, 11) is 0. The number of benzene rings is 1. The van der Waals surface area contributed by atoms with E-state index in [9.17, 15) is 4.79 Å². The van der Waals surface area contributed by atoms with Crippen LogP contribution in [0.25, 0.3) is 0 Å². The van der Waals surface area contributed by atoms with Crippen molar-refractivity contribution in [1.29, 1.82) is 0 Å². The Balaban J connectivity index is 0.00000220. The molecule has 0 aliphatic carbocycles. The van der Waals surface area contributed by atoms with E-state index in [4.69, 9.17) is 5.73 Å². The van der Waals surface area contributed by atoms with Gasteiger partial charge in [0.25, 0.3) is 0 Å². The fourth-order valence-corrected chi connectivity index (χ4v) is 4.77. The first kappa shape index (κ1) is 18.7. The third-order valence-corrected chi connectivity index (χ3v) is 6.37. The van der Waals surface area contributed by atoms with Gasteiger partial charge in [-0.25, -0.2) is 0 Å². The van der Waals surface area contributed by atoms with Gasteiger partial charge >= 0.3 is 0 Å². The molecule has 3 nitrogen and oxygen atoms in total. The van der Waals surface area contributed by atoms with Crippen LogP contribution in [0.1, 0.15) is 18.5 Å². The zero-order valence-electron chi connectivity index (χ0n) is 12.2. The Bertz CT molecular complexity index is 427. The van der Waals surface area contributed by atoms with Gasteiger partial charge in [-0.2, -0.15) is 23.5 Å². The van der Waals surface area contributed by atoms with Gasteiger partial charge in [0.1, 0.15) is 0 Å². The SMILES string of the molecule is CC(C(=O)NCC1CSCCS1)C(N)c1ccccc1.Cl. The van der Waals surface area contributed by atoms with Crippen molar-refractivity contribution in [2.24, 2.45) is 11.7 Å². The third kappa shape index (κ3) is 5.74. The minimum absolute atomic E-state index is 0. The van der Waals surface area contributed by atoms with Crippen LogP contribution in [0.4, 0.5) is 0 Å². The molecule has 1 aliphatic rings. The Labute approximate surface area is 141 Å². The second kappa shape index (κ2) is 9.62. The van der Waals surface area contributed by atoms with Crippen molar-refractivity contribution in [1.82, 2.24) is 5.32 Å². The highest BCUT2D eigenvalue weighted by atomic mass is 35.5. The average Bonchev–Trinajstić information content (AvgIpc) is 2.53. The molecule has 3 atom stereocenters. The molecule has 21 heavy (non-hydrogen) atoms. The summed E-state index contributed by atoms with van der Waals surface area (Å²) in [6, 6.07) is 9.57. The summed E-state index contributed by atoms with van der Waals surface area (Å²) in [5, 5.41) is 3.59. The molecule has 0 radical (unpaired) electrons. The lowest BCUT2D eigenvalue weighted by Crippen LogP contribution is -2.39. The van der Waals surface area contributed by atoms with Gasteiger partial charge < -0.3 is 11.1 Å². The van der Waals surface area contributed by atoms with E-state index in [-0.39, 0.29) is 30.3 Å². The lowest BCUT2D eigenvalue weighted by atomic mass is 9.95. The molecule has 0 spiro atoms. The molecule has 1 aromatic carbocycles.